The summed E-state index contributed by atoms with van der Waals surface area (Å²) >= 11 is 1.40. The van der Waals surface area contributed by atoms with E-state index < -0.39 is 24.0 Å². The van der Waals surface area contributed by atoms with Crippen LogP contribution in [0, 0.1) is 11.8 Å². The molecule has 46 heavy (non-hydrogen) atoms. The van der Waals surface area contributed by atoms with Crippen molar-refractivity contribution in [3.8, 4) is 11.5 Å². The number of carboxylic acids is 1. The van der Waals surface area contributed by atoms with Gasteiger partial charge in [0.15, 0.2) is 11.5 Å². The number of hydrogen-bond donors (Lipinski definition) is 5. The average molecular weight is 663 g/mol. The Morgan fingerprint density at radius 1 is 1.11 bits per heavy atom. The second-order valence-corrected chi connectivity index (χ2v) is 13.2. The van der Waals surface area contributed by atoms with Crippen molar-refractivity contribution >= 4 is 35.5 Å². The zero-order valence-corrected chi connectivity index (χ0v) is 27.7. The number of aliphatic hydroxyl groups is 1. The summed E-state index contributed by atoms with van der Waals surface area (Å²) in [4.78, 5) is 51.4. The molecule has 2 saturated heterocycles. The predicted octanol–water partition coefficient (Wildman–Crippen LogP) is 1.28. The van der Waals surface area contributed by atoms with Crippen molar-refractivity contribution in [2.24, 2.45) is 11.8 Å². The average Bonchev–Trinajstić information content (AvgIpc) is 3.59. The molecule has 2 fully saturated rings. The highest BCUT2D eigenvalue weighted by molar-refractivity contribution is 8.03. The third-order valence-electron chi connectivity index (χ3n) is 8.67. The van der Waals surface area contributed by atoms with E-state index in [4.69, 9.17) is 14.2 Å². The van der Waals surface area contributed by atoms with Crippen LogP contribution >= 0.6 is 11.8 Å². The maximum atomic E-state index is 12.7. The first kappa shape index (κ1) is 35.5. The number of aryl methyl sites for hydroxylation is 1. The quantitative estimate of drug-likeness (QED) is 0.113. The molecule has 1 aromatic carbocycles. The topological polar surface area (TPSA) is 176 Å². The summed E-state index contributed by atoms with van der Waals surface area (Å²) in [5, 5.41) is 28.8. The van der Waals surface area contributed by atoms with Gasteiger partial charge in [0.05, 0.1) is 38.3 Å². The molecule has 5 N–H and O–H groups in total. The highest BCUT2D eigenvalue weighted by Gasteiger charge is 2.60. The lowest BCUT2D eigenvalue weighted by molar-refractivity contribution is -0.163. The van der Waals surface area contributed by atoms with Crippen molar-refractivity contribution in [1.82, 2.24) is 20.9 Å². The van der Waals surface area contributed by atoms with E-state index in [1.807, 2.05) is 25.1 Å². The number of rotatable bonds is 18. The van der Waals surface area contributed by atoms with Crippen LogP contribution < -0.4 is 25.4 Å². The number of methoxy groups -OCH3 is 2. The van der Waals surface area contributed by atoms with Gasteiger partial charge >= 0.3 is 5.97 Å². The minimum absolute atomic E-state index is 0.00384. The number of carboxylic acid groups (broad SMARTS) is 1. The van der Waals surface area contributed by atoms with Crippen LogP contribution in [0.1, 0.15) is 45.1 Å². The van der Waals surface area contributed by atoms with E-state index in [1.54, 1.807) is 21.1 Å². The molecule has 3 heterocycles. The fraction of sp³-hybridized carbons (Fsp3) is 0.625. The number of nitrogens with zero attached hydrogens (tertiary/aromatic N) is 1. The van der Waals surface area contributed by atoms with Gasteiger partial charge in [0.25, 0.3) is 0 Å². The molecule has 0 radical (unpaired) electrons. The number of carbonyl (C=O) groups is 4. The maximum absolute atomic E-state index is 12.7. The van der Waals surface area contributed by atoms with Crippen LogP contribution in [-0.4, -0.2) is 109 Å². The van der Waals surface area contributed by atoms with Crippen LogP contribution in [0.15, 0.2) is 28.8 Å². The molecule has 1 aromatic rings. The van der Waals surface area contributed by atoms with Crippen LogP contribution in [-0.2, 0) is 30.3 Å². The molecular weight excluding hydrogens is 616 g/mol. The molecule has 0 aliphatic carbocycles. The lowest BCUT2D eigenvalue weighted by Gasteiger charge is -2.46. The SMILES string of the molecule is COc1ccc(CCCCOCC(=O)NCCCNC(=O)[C@@H]2C[C@H](SC3=C(C(=O)O)N4C(=O)[C@H]([C@@H](C)O)C4[C@H]3C)CN2)cc1OC. The van der Waals surface area contributed by atoms with Gasteiger partial charge in [0.1, 0.15) is 12.3 Å². The molecule has 0 saturated carbocycles. The molecule has 6 atom stereocenters. The summed E-state index contributed by atoms with van der Waals surface area (Å²) in [7, 11) is 3.22. The number of aliphatic hydroxyl groups excluding tert-OH is 1. The van der Waals surface area contributed by atoms with Crippen LogP contribution in [0.25, 0.3) is 0 Å². The number of carbonyl (C=O) groups excluding carboxylic acids is 3. The van der Waals surface area contributed by atoms with Crippen molar-refractivity contribution in [2.45, 2.75) is 69.4 Å². The number of unbranched alkanes of at least 4 members (excludes halogenated alkanes) is 1. The molecule has 0 bridgehead atoms. The van der Waals surface area contributed by atoms with E-state index in [0.29, 0.717) is 55.5 Å². The number of hydrogen-bond acceptors (Lipinski definition) is 10. The van der Waals surface area contributed by atoms with Gasteiger partial charge in [-0.05, 0) is 56.7 Å². The highest BCUT2D eigenvalue weighted by atomic mass is 32.2. The summed E-state index contributed by atoms with van der Waals surface area (Å²) in [5.41, 5.74) is 1.14. The molecule has 0 aromatic heterocycles. The van der Waals surface area contributed by atoms with Crippen molar-refractivity contribution in [3.05, 3.63) is 34.4 Å². The second kappa shape index (κ2) is 16.5. The smallest absolute Gasteiger partial charge is 0.353 e. The van der Waals surface area contributed by atoms with Crippen LogP contribution in [0.5, 0.6) is 11.5 Å². The Morgan fingerprint density at radius 3 is 2.54 bits per heavy atom. The summed E-state index contributed by atoms with van der Waals surface area (Å²) in [5.74, 6) is -1.28. The molecule has 4 rings (SSSR count). The zero-order chi connectivity index (χ0) is 33.4. The Kier molecular flexibility index (Phi) is 12.7. The first-order chi connectivity index (χ1) is 22.1. The maximum Gasteiger partial charge on any atom is 0.353 e. The standard InChI is InChI=1S/C32H46N4O9S/c1-18-27-26(19(2)37)31(40)36(27)28(32(41)42)29(18)46-21-15-22(35-16-21)30(39)34-12-7-11-33-25(38)17-45-13-6-5-8-20-9-10-23(43-3)24(14-20)44-4/h9-10,14,18-19,21-22,26-27,35,37H,5-8,11-13,15-17H2,1-4H3,(H,33,38)(H,34,39)(H,41,42)/t18-,19-,21+,22+,26-,27?/m1/s1. The van der Waals surface area contributed by atoms with Crippen LogP contribution in [0.4, 0.5) is 0 Å². The summed E-state index contributed by atoms with van der Waals surface area (Å²) in [6.45, 7) is 5.24. The highest BCUT2D eigenvalue weighted by Crippen LogP contribution is 2.51. The van der Waals surface area contributed by atoms with Gasteiger partial charge in [-0.3, -0.25) is 14.4 Å². The van der Waals surface area contributed by atoms with E-state index in [2.05, 4.69) is 16.0 Å². The largest absolute Gasteiger partial charge is 0.493 e. The zero-order valence-electron chi connectivity index (χ0n) is 26.9. The second-order valence-electron chi connectivity index (χ2n) is 11.9. The number of nitrogens with one attached hydrogen (secondary N) is 3. The summed E-state index contributed by atoms with van der Waals surface area (Å²) < 4.78 is 16.1. The first-order valence-electron chi connectivity index (χ1n) is 15.8. The van der Waals surface area contributed by atoms with Gasteiger partial charge in [-0.2, -0.15) is 0 Å². The minimum Gasteiger partial charge on any atom is -0.493 e. The molecule has 254 valence electrons. The molecular formula is C32H46N4O9S. The van der Waals surface area contributed by atoms with Crippen molar-refractivity contribution < 1.29 is 43.6 Å². The number of ether oxygens (including phenoxy) is 3. The molecule has 1 unspecified atom stereocenters. The van der Waals surface area contributed by atoms with Gasteiger partial charge in [-0.15, -0.1) is 11.8 Å². The molecule has 3 amide bonds. The van der Waals surface area contributed by atoms with Gasteiger partial charge in [-0.1, -0.05) is 13.0 Å². The molecule has 14 heteroatoms. The number of amides is 3. The fourth-order valence-electron chi connectivity index (χ4n) is 6.29. The van der Waals surface area contributed by atoms with Crippen LogP contribution in [0.3, 0.4) is 0 Å². The van der Waals surface area contributed by atoms with Gasteiger partial charge in [-0.25, -0.2) is 4.79 Å². The minimum atomic E-state index is -1.16. The lowest BCUT2D eigenvalue weighted by Crippen LogP contribution is -2.63. The Labute approximate surface area is 273 Å². The number of aliphatic carboxylic acids is 1. The Morgan fingerprint density at radius 2 is 1.85 bits per heavy atom. The predicted molar refractivity (Wildman–Crippen MR) is 171 cm³/mol. The van der Waals surface area contributed by atoms with E-state index in [9.17, 15) is 29.4 Å². The third kappa shape index (κ3) is 8.33. The Balaban J connectivity index is 1.07. The number of β-lactam (4-membered cyclic amide) rings is 1. The molecule has 0 spiro atoms. The summed E-state index contributed by atoms with van der Waals surface area (Å²) in [6.07, 6.45) is 2.83. The van der Waals surface area contributed by atoms with Crippen molar-refractivity contribution in [2.75, 3.05) is 47.1 Å². The van der Waals surface area contributed by atoms with Crippen molar-refractivity contribution in [3.63, 3.8) is 0 Å². The van der Waals surface area contributed by atoms with Gasteiger partial charge < -0.3 is 45.3 Å². The summed E-state index contributed by atoms with van der Waals surface area (Å²) in [6, 6.07) is 5.08. The van der Waals surface area contributed by atoms with E-state index in [0.717, 1.165) is 24.8 Å². The number of thioether (sulfide) groups is 1. The molecule has 3 aliphatic rings. The van der Waals surface area contributed by atoms with E-state index in [1.165, 1.54) is 16.7 Å². The van der Waals surface area contributed by atoms with Crippen LogP contribution in [0.2, 0.25) is 0 Å². The van der Waals surface area contributed by atoms with Crippen molar-refractivity contribution in [1.29, 1.82) is 0 Å². The molecule has 13 nitrogen and oxygen atoms in total. The number of fused-ring (bicyclic) bond motifs is 1. The van der Waals surface area contributed by atoms with Gasteiger partial charge in [0, 0.05) is 42.3 Å². The third-order valence-corrected chi connectivity index (χ3v) is 10.2. The molecule has 3 aliphatic heterocycles. The van der Waals surface area contributed by atoms with E-state index in [-0.39, 0.29) is 47.2 Å². The van der Waals surface area contributed by atoms with E-state index >= 15 is 0 Å². The number of benzene rings is 1. The Hall–Kier alpha value is -3.33. The Bertz CT molecular complexity index is 1310. The normalized spacial score (nSPS) is 24.3. The monoisotopic (exact) mass is 662 g/mol. The fourth-order valence-corrected chi connectivity index (χ4v) is 7.77. The van der Waals surface area contributed by atoms with Gasteiger partial charge in [0.2, 0.25) is 17.7 Å². The lowest BCUT2D eigenvalue weighted by atomic mass is 9.79. The first-order valence-corrected chi connectivity index (χ1v) is 16.7.